The van der Waals surface area contributed by atoms with Gasteiger partial charge in [0.1, 0.15) is 16.2 Å². The summed E-state index contributed by atoms with van der Waals surface area (Å²) < 4.78 is 0. The van der Waals surface area contributed by atoms with Crippen molar-refractivity contribution in [1.82, 2.24) is 15.3 Å². The number of aryl methyl sites for hydroxylation is 1. The predicted octanol–water partition coefficient (Wildman–Crippen LogP) is 3.74. The molecule has 2 aromatic heterocycles. The number of aromatic nitrogens is 2. The number of hydrogen-bond donors (Lipinski definition) is 1. The molecule has 1 amide bonds. The Kier molecular flexibility index (Phi) is 6.35. The molecule has 0 aliphatic heterocycles. The molecule has 1 aromatic carbocycles. The Labute approximate surface area is 160 Å². The third-order valence-corrected chi connectivity index (χ3v) is 5.68. The highest BCUT2D eigenvalue weighted by Gasteiger charge is 2.10. The maximum Gasteiger partial charge on any atom is 0.216 e. The number of rotatable bonds is 8. The van der Waals surface area contributed by atoms with Crippen LogP contribution in [0.4, 0.5) is 0 Å². The van der Waals surface area contributed by atoms with Crippen LogP contribution in [-0.4, -0.2) is 34.0 Å². The van der Waals surface area contributed by atoms with Crippen LogP contribution in [-0.2, 0) is 11.2 Å². The summed E-state index contributed by atoms with van der Waals surface area (Å²) in [5, 5.41) is 6.62. The van der Waals surface area contributed by atoms with Crippen LogP contribution in [0, 0.1) is 0 Å². The highest BCUT2D eigenvalue weighted by atomic mass is 32.2. The third kappa shape index (κ3) is 4.89. The van der Waals surface area contributed by atoms with Gasteiger partial charge in [0, 0.05) is 24.4 Å². The molecule has 0 unspecified atom stereocenters. The summed E-state index contributed by atoms with van der Waals surface area (Å²) in [5.74, 6) is 0.428. The zero-order valence-electron chi connectivity index (χ0n) is 14.4. The molecule has 3 rings (SSSR count). The highest BCUT2D eigenvalue weighted by Crippen LogP contribution is 2.28. The van der Waals surface area contributed by atoms with Crippen LogP contribution in [0.15, 0.2) is 47.1 Å². The predicted molar refractivity (Wildman–Crippen MR) is 106 cm³/mol. The number of thiophene rings is 1. The Morgan fingerprint density at radius 1 is 1.15 bits per heavy atom. The van der Waals surface area contributed by atoms with Crippen LogP contribution in [0.2, 0.25) is 0 Å². The number of carbonyl (C=O) groups excluding carboxylic acids is 2. The summed E-state index contributed by atoms with van der Waals surface area (Å²) in [6.07, 6.45) is 3.30. The Bertz CT molecular complexity index is 907. The summed E-state index contributed by atoms with van der Waals surface area (Å²) in [6.45, 7) is 2.19. The van der Waals surface area contributed by atoms with E-state index in [0.717, 1.165) is 33.6 Å². The van der Waals surface area contributed by atoms with E-state index in [0.29, 0.717) is 17.9 Å². The number of thioether (sulfide) groups is 1. The molecule has 0 spiro atoms. The fourth-order valence-corrected chi connectivity index (χ4v) is 4.19. The Hall–Kier alpha value is -2.25. The summed E-state index contributed by atoms with van der Waals surface area (Å²) in [4.78, 5) is 32.7. The SMILES string of the molecule is CC(=O)NCCCc1ccc(C(=O)CSc2ncnc3sccc23)cc1. The second-order valence-corrected chi connectivity index (χ2v) is 7.67. The molecule has 7 heteroatoms. The number of nitrogens with zero attached hydrogens (tertiary/aromatic N) is 2. The van der Waals surface area contributed by atoms with Gasteiger partial charge in [-0.3, -0.25) is 9.59 Å². The lowest BCUT2D eigenvalue weighted by Gasteiger charge is -2.05. The minimum atomic E-state index is -0.00754. The fourth-order valence-electron chi connectivity index (χ4n) is 2.51. The quantitative estimate of drug-likeness (QED) is 0.277. The Morgan fingerprint density at radius 3 is 2.73 bits per heavy atom. The molecular formula is C19H19N3O2S2. The van der Waals surface area contributed by atoms with E-state index in [1.54, 1.807) is 17.7 Å². The van der Waals surface area contributed by atoms with Gasteiger partial charge in [0.25, 0.3) is 0 Å². The van der Waals surface area contributed by atoms with E-state index in [9.17, 15) is 9.59 Å². The highest BCUT2D eigenvalue weighted by molar-refractivity contribution is 8.00. The number of hydrogen-bond acceptors (Lipinski definition) is 6. The van der Waals surface area contributed by atoms with Crippen molar-refractivity contribution in [3.63, 3.8) is 0 Å². The van der Waals surface area contributed by atoms with Gasteiger partial charge >= 0.3 is 0 Å². The Morgan fingerprint density at radius 2 is 1.96 bits per heavy atom. The molecule has 0 atom stereocenters. The van der Waals surface area contributed by atoms with Crippen LogP contribution in [0.5, 0.6) is 0 Å². The second kappa shape index (κ2) is 8.91. The Balaban J connectivity index is 1.53. The molecule has 26 heavy (non-hydrogen) atoms. The largest absolute Gasteiger partial charge is 0.356 e. The first-order valence-corrected chi connectivity index (χ1v) is 10.2. The van der Waals surface area contributed by atoms with Gasteiger partial charge in [-0.05, 0) is 29.9 Å². The summed E-state index contributed by atoms with van der Waals surface area (Å²) >= 11 is 3.02. The number of carbonyl (C=O) groups is 2. The molecule has 0 aliphatic rings. The average molecular weight is 386 g/mol. The number of Topliss-reactive ketones (excluding diaryl/α,β-unsaturated/α-hetero) is 1. The van der Waals surface area contributed by atoms with Crippen LogP contribution >= 0.6 is 23.1 Å². The van der Waals surface area contributed by atoms with Gasteiger partial charge in [-0.15, -0.1) is 11.3 Å². The van der Waals surface area contributed by atoms with Crippen LogP contribution in [0.25, 0.3) is 10.2 Å². The minimum absolute atomic E-state index is 0.00754. The summed E-state index contributed by atoms with van der Waals surface area (Å²) in [5.41, 5.74) is 1.87. The molecule has 134 valence electrons. The van der Waals surface area contributed by atoms with E-state index in [-0.39, 0.29) is 11.7 Å². The van der Waals surface area contributed by atoms with Gasteiger partial charge in [0.15, 0.2) is 5.78 Å². The van der Waals surface area contributed by atoms with E-state index in [1.165, 1.54) is 18.7 Å². The lowest BCUT2D eigenvalue weighted by molar-refractivity contribution is -0.118. The number of fused-ring (bicyclic) bond motifs is 1. The van der Waals surface area contributed by atoms with Crippen molar-refractivity contribution < 1.29 is 9.59 Å². The fraction of sp³-hybridized carbons (Fsp3) is 0.263. The first-order chi connectivity index (χ1) is 12.6. The minimum Gasteiger partial charge on any atom is -0.356 e. The van der Waals surface area contributed by atoms with Crippen LogP contribution in [0.1, 0.15) is 29.3 Å². The van der Waals surface area contributed by atoms with Crippen molar-refractivity contribution in [3.05, 3.63) is 53.2 Å². The zero-order chi connectivity index (χ0) is 18.4. The number of nitrogens with one attached hydrogen (secondary N) is 1. The van der Waals surface area contributed by atoms with Crippen molar-refractivity contribution >= 4 is 45.0 Å². The summed E-state index contributed by atoms with van der Waals surface area (Å²) in [7, 11) is 0. The monoisotopic (exact) mass is 385 g/mol. The molecule has 5 nitrogen and oxygen atoms in total. The lowest BCUT2D eigenvalue weighted by Crippen LogP contribution is -2.21. The van der Waals surface area contributed by atoms with Crippen molar-refractivity contribution in [2.45, 2.75) is 24.8 Å². The molecule has 0 radical (unpaired) electrons. The van der Waals surface area contributed by atoms with Crippen molar-refractivity contribution in [2.75, 3.05) is 12.3 Å². The first-order valence-electron chi connectivity index (χ1n) is 8.31. The summed E-state index contributed by atoms with van der Waals surface area (Å²) in [6, 6.07) is 9.69. The molecule has 0 saturated heterocycles. The van der Waals surface area contributed by atoms with E-state index in [4.69, 9.17) is 0 Å². The molecule has 2 heterocycles. The van der Waals surface area contributed by atoms with Gasteiger partial charge in [0.2, 0.25) is 5.91 Å². The van der Waals surface area contributed by atoms with E-state index in [2.05, 4.69) is 15.3 Å². The van der Waals surface area contributed by atoms with Gasteiger partial charge in [0.05, 0.1) is 5.75 Å². The van der Waals surface area contributed by atoms with Gasteiger partial charge in [-0.1, -0.05) is 36.0 Å². The van der Waals surface area contributed by atoms with E-state index in [1.807, 2.05) is 35.7 Å². The molecular weight excluding hydrogens is 366 g/mol. The van der Waals surface area contributed by atoms with Crippen LogP contribution < -0.4 is 5.32 Å². The third-order valence-electron chi connectivity index (χ3n) is 3.86. The number of ketones is 1. The first kappa shape index (κ1) is 18.5. The van der Waals surface area contributed by atoms with E-state index >= 15 is 0 Å². The normalized spacial score (nSPS) is 10.8. The van der Waals surface area contributed by atoms with Crippen molar-refractivity contribution in [1.29, 1.82) is 0 Å². The smallest absolute Gasteiger partial charge is 0.216 e. The average Bonchev–Trinajstić information content (AvgIpc) is 3.13. The maximum absolute atomic E-state index is 12.4. The zero-order valence-corrected chi connectivity index (χ0v) is 16.0. The van der Waals surface area contributed by atoms with Gasteiger partial charge in [-0.25, -0.2) is 9.97 Å². The van der Waals surface area contributed by atoms with Crippen molar-refractivity contribution in [2.24, 2.45) is 0 Å². The lowest BCUT2D eigenvalue weighted by atomic mass is 10.1. The van der Waals surface area contributed by atoms with Crippen molar-refractivity contribution in [3.8, 4) is 0 Å². The standard InChI is InChI=1S/C19H19N3O2S2/c1-13(23)20-9-2-3-14-4-6-15(7-5-14)17(24)11-26-19-16-8-10-25-18(16)21-12-22-19/h4-8,10,12H,2-3,9,11H2,1H3,(H,20,23). The molecule has 0 fully saturated rings. The molecule has 0 saturated carbocycles. The number of amides is 1. The van der Waals surface area contributed by atoms with Gasteiger partial charge in [-0.2, -0.15) is 0 Å². The van der Waals surface area contributed by atoms with E-state index < -0.39 is 0 Å². The number of benzene rings is 1. The molecule has 0 aliphatic carbocycles. The van der Waals surface area contributed by atoms with Gasteiger partial charge < -0.3 is 5.32 Å². The molecule has 1 N–H and O–H groups in total. The van der Waals surface area contributed by atoms with Crippen LogP contribution in [0.3, 0.4) is 0 Å². The molecule has 0 bridgehead atoms. The topological polar surface area (TPSA) is 72.0 Å². The second-order valence-electron chi connectivity index (χ2n) is 5.81. The molecule has 3 aromatic rings. The maximum atomic E-state index is 12.4.